The molecule has 196 valence electrons. The lowest BCUT2D eigenvalue weighted by molar-refractivity contribution is 1.04. The molecule has 41 heavy (non-hydrogen) atoms. The molecule has 0 bridgehead atoms. The van der Waals surface area contributed by atoms with Crippen molar-refractivity contribution < 1.29 is 0 Å². The minimum Gasteiger partial charge on any atom is -0.228 e. The molecular weight excluding hydrogens is 520 g/mol. The van der Waals surface area contributed by atoms with Crippen LogP contribution in [0.25, 0.3) is 61.4 Å². The molecule has 1 aliphatic carbocycles. The highest BCUT2D eigenvalue weighted by atomic mass is 35.5. The zero-order valence-corrected chi connectivity index (χ0v) is 23.2. The summed E-state index contributed by atoms with van der Waals surface area (Å²) in [5, 5.41) is 2.97. The predicted molar refractivity (Wildman–Crippen MR) is 173 cm³/mol. The van der Waals surface area contributed by atoms with Gasteiger partial charge in [-0.2, -0.15) is 0 Å². The number of rotatable bonds is 5. The summed E-state index contributed by atoms with van der Waals surface area (Å²) in [4.78, 5) is 10.0. The van der Waals surface area contributed by atoms with Crippen LogP contribution in [-0.2, 0) is 0 Å². The Bertz CT molecular complexity index is 1920. The van der Waals surface area contributed by atoms with Crippen LogP contribution in [-0.4, -0.2) is 9.97 Å². The average Bonchev–Trinajstić information content (AvgIpc) is 3.06. The van der Waals surface area contributed by atoms with E-state index >= 15 is 0 Å². The van der Waals surface area contributed by atoms with Crippen molar-refractivity contribution in [2.45, 2.75) is 12.8 Å². The van der Waals surface area contributed by atoms with Crippen LogP contribution >= 0.6 is 11.6 Å². The van der Waals surface area contributed by atoms with Crippen molar-refractivity contribution >= 4 is 27.9 Å². The van der Waals surface area contributed by atoms with Gasteiger partial charge in [-0.25, -0.2) is 9.97 Å². The topological polar surface area (TPSA) is 25.8 Å². The lowest BCUT2D eigenvalue weighted by atomic mass is 9.96. The van der Waals surface area contributed by atoms with Gasteiger partial charge in [-0.15, -0.1) is 0 Å². The van der Waals surface area contributed by atoms with E-state index in [2.05, 4.69) is 109 Å². The second-order valence-corrected chi connectivity index (χ2v) is 10.7. The highest BCUT2D eigenvalue weighted by Crippen LogP contribution is 2.35. The Morgan fingerprint density at radius 1 is 0.512 bits per heavy atom. The fraction of sp³-hybridized carbons (Fsp3) is 0.0526. The van der Waals surface area contributed by atoms with Crippen LogP contribution in [0.1, 0.15) is 18.4 Å². The Balaban J connectivity index is 1.29. The zero-order chi connectivity index (χ0) is 27.6. The average molecular weight is 547 g/mol. The first-order chi connectivity index (χ1) is 20.2. The van der Waals surface area contributed by atoms with E-state index in [9.17, 15) is 0 Å². The first kappa shape index (κ1) is 25.2. The second-order valence-electron chi connectivity index (χ2n) is 10.3. The normalized spacial score (nSPS) is 12.9. The number of halogens is 1. The van der Waals surface area contributed by atoms with E-state index in [0.717, 1.165) is 67.8 Å². The van der Waals surface area contributed by atoms with Crippen molar-refractivity contribution in [2.24, 2.45) is 0 Å². The zero-order valence-electron chi connectivity index (χ0n) is 22.5. The van der Waals surface area contributed by atoms with Gasteiger partial charge in [0, 0.05) is 27.1 Å². The summed E-state index contributed by atoms with van der Waals surface area (Å²) in [6, 6.07) is 41.9. The standard InChI is InChI=1S/C38H27ClN2/c39-35-24-23-32(33-13-7-8-14-34(33)35)28-17-21-30(22-18-28)37-25-36(40-38(41-37)31-11-5-2-6-12-31)29-19-15-27(16-20-29)26-9-3-1-4-10-26/h2-3,5-25H,1,4H2. The minimum absolute atomic E-state index is 0.716. The molecule has 1 aromatic heterocycles. The Morgan fingerprint density at radius 3 is 1.78 bits per heavy atom. The lowest BCUT2D eigenvalue weighted by Crippen LogP contribution is -1.96. The van der Waals surface area contributed by atoms with Crippen molar-refractivity contribution in [2.75, 3.05) is 0 Å². The van der Waals surface area contributed by atoms with Gasteiger partial charge in [-0.05, 0) is 52.6 Å². The summed E-state index contributed by atoms with van der Waals surface area (Å²) in [6.07, 6.45) is 8.97. The molecule has 0 radical (unpaired) electrons. The van der Waals surface area contributed by atoms with E-state index in [0.29, 0.717) is 5.82 Å². The quantitative estimate of drug-likeness (QED) is 0.215. The van der Waals surface area contributed by atoms with Crippen LogP contribution in [0.2, 0.25) is 5.02 Å². The summed E-state index contributed by atoms with van der Waals surface area (Å²) in [5.74, 6) is 0.716. The van der Waals surface area contributed by atoms with Gasteiger partial charge in [-0.1, -0.05) is 139 Å². The molecule has 1 heterocycles. The maximum atomic E-state index is 6.48. The molecule has 0 N–H and O–H groups in total. The predicted octanol–water partition coefficient (Wildman–Crippen LogP) is 10.7. The minimum atomic E-state index is 0.716. The number of hydrogen-bond acceptors (Lipinski definition) is 2. The van der Waals surface area contributed by atoms with Crippen LogP contribution in [0.5, 0.6) is 0 Å². The van der Waals surface area contributed by atoms with Crippen molar-refractivity contribution in [3.05, 3.63) is 150 Å². The molecule has 0 saturated carbocycles. The largest absolute Gasteiger partial charge is 0.228 e. The van der Waals surface area contributed by atoms with E-state index in [4.69, 9.17) is 21.6 Å². The molecule has 1 aliphatic rings. The molecule has 3 heteroatoms. The van der Waals surface area contributed by atoms with E-state index < -0.39 is 0 Å². The second kappa shape index (κ2) is 11.0. The molecule has 7 rings (SSSR count). The third kappa shape index (κ3) is 5.11. The van der Waals surface area contributed by atoms with E-state index in [1.165, 1.54) is 11.1 Å². The maximum absolute atomic E-state index is 6.48. The molecule has 0 aliphatic heterocycles. The van der Waals surface area contributed by atoms with Gasteiger partial charge in [0.05, 0.1) is 11.4 Å². The third-order valence-electron chi connectivity index (χ3n) is 7.63. The maximum Gasteiger partial charge on any atom is 0.160 e. The highest BCUT2D eigenvalue weighted by molar-refractivity contribution is 6.36. The van der Waals surface area contributed by atoms with Crippen molar-refractivity contribution in [1.29, 1.82) is 0 Å². The first-order valence-corrected chi connectivity index (χ1v) is 14.3. The van der Waals surface area contributed by atoms with E-state index in [-0.39, 0.29) is 0 Å². The number of aromatic nitrogens is 2. The van der Waals surface area contributed by atoms with Gasteiger partial charge in [0.25, 0.3) is 0 Å². The SMILES string of the molecule is Clc1ccc(-c2ccc(-c3cc(-c4ccc(C5=CCCC=C5)cc4)nc(-c4ccccc4)n3)cc2)c2ccccc12. The molecule has 0 fully saturated rings. The van der Waals surface area contributed by atoms with Crippen molar-refractivity contribution in [3.63, 3.8) is 0 Å². The lowest BCUT2D eigenvalue weighted by Gasteiger charge is -2.12. The van der Waals surface area contributed by atoms with Gasteiger partial charge >= 0.3 is 0 Å². The fourth-order valence-corrected chi connectivity index (χ4v) is 5.68. The van der Waals surface area contributed by atoms with E-state index in [1.807, 2.05) is 30.3 Å². The fourth-order valence-electron chi connectivity index (χ4n) is 5.45. The van der Waals surface area contributed by atoms with Gasteiger partial charge < -0.3 is 0 Å². The Labute approximate surface area is 245 Å². The molecule has 0 atom stereocenters. The van der Waals surface area contributed by atoms with E-state index in [1.54, 1.807) is 0 Å². The summed E-state index contributed by atoms with van der Waals surface area (Å²) < 4.78 is 0. The van der Waals surface area contributed by atoms with Crippen LogP contribution < -0.4 is 0 Å². The molecule has 5 aromatic carbocycles. The van der Waals surface area contributed by atoms with Gasteiger partial charge in [-0.3, -0.25) is 0 Å². The Kier molecular flexibility index (Phi) is 6.76. The molecule has 2 nitrogen and oxygen atoms in total. The number of nitrogens with zero attached hydrogens (tertiary/aromatic N) is 2. The summed E-state index contributed by atoms with van der Waals surface area (Å²) >= 11 is 6.48. The first-order valence-electron chi connectivity index (χ1n) is 13.9. The summed E-state index contributed by atoms with van der Waals surface area (Å²) in [6.45, 7) is 0. The van der Waals surface area contributed by atoms with Gasteiger partial charge in [0.2, 0.25) is 0 Å². The van der Waals surface area contributed by atoms with Crippen LogP contribution in [0.15, 0.2) is 140 Å². The Morgan fingerprint density at radius 2 is 1.12 bits per heavy atom. The smallest absolute Gasteiger partial charge is 0.160 e. The molecule has 6 aromatic rings. The number of fused-ring (bicyclic) bond motifs is 1. The number of hydrogen-bond donors (Lipinski definition) is 0. The Hall–Kier alpha value is -4.79. The number of allylic oxidation sites excluding steroid dienone is 4. The highest BCUT2D eigenvalue weighted by Gasteiger charge is 2.12. The monoisotopic (exact) mass is 546 g/mol. The molecule has 0 amide bonds. The number of benzene rings is 5. The molecule has 0 unspecified atom stereocenters. The van der Waals surface area contributed by atoms with Gasteiger partial charge in [0.15, 0.2) is 5.82 Å². The van der Waals surface area contributed by atoms with Gasteiger partial charge in [0.1, 0.15) is 0 Å². The van der Waals surface area contributed by atoms with Crippen LogP contribution in [0.4, 0.5) is 0 Å². The third-order valence-corrected chi connectivity index (χ3v) is 7.96. The summed E-state index contributed by atoms with van der Waals surface area (Å²) in [7, 11) is 0. The van der Waals surface area contributed by atoms with Crippen molar-refractivity contribution in [1.82, 2.24) is 9.97 Å². The van der Waals surface area contributed by atoms with Crippen molar-refractivity contribution in [3.8, 4) is 45.0 Å². The molecular formula is C38H27ClN2. The van der Waals surface area contributed by atoms with Crippen LogP contribution in [0.3, 0.4) is 0 Å². The molecule has 0 spiro atoms. The summed E-state index contributed by atoms with van der Waals surface area (Å²) in [5.41, 5.74) is 9.71. The molecule has 0 saturated heterocycles. The van der Waals surface area contributed by atoms with Crippen LogP contribution in [0, 0.1) is 0 Å².